The molecule has 4 heteroatoms. The normalized spacial score (nSPS) is 13.9. The van der Waals surface area contributed by atoms with E-state index in [0.29, 0.717) is 12.8 Å². The Kier molecular flexibility index (Phi) is 5.59. The van der Waals surface area contributed by atoms with Crippen molar-refractivity contribution < 1.29 is 4.79 Å². The number of hydrogen-bond donors (Lipinski definition) is 1. The van der Waals surface area contributed by atoms with Gasteiger partial charge in [0.05, 0.1) is 6.07 Å². The zero-order chi connectivity index (χ0) is 17.0. The van der Waals surface area contributed by atoms with Crippen molar-refractivity contribution in [2.24, 2.45) is 5.41 Å². The third-order valence-corrected chi connectivity index (χ3v) is 4.18. The molecule has 22 heavy (non-hydrogen) atoms. The third-order valence-electron chi connectivity index (χ3n) is 4.18. The maximum Gasteiger partial charge on any atom is 0.221 e. The van der Waals surface area contributed by atoms with Crippen LogP contribution in [0.15, 0.2) is 24.3 Å². The lowest BCUT2D eigenvalue weighted by molar-refractivity contribution is -0.123. The van der Waals surface area contributed by atoms with E-state index in [1.807, 2.05) is 58.0 Å². The molecule has 1 aromatic rings. The van der Waals surface area contributed by atoms with Crippen LogP contribution in [-0.2, 0) is 11.2 Å². The second kappa shape index (κ2) is 6.83. The van der Waals surface area contributed by atoms with Crippen molar-refractivity contribution in [3.05, 3.63) is 29.8 Å². The van der Waals surface area contributed by atoms with Crippen LogP contribution in [0.4, 0.5) is 5.69 Å². The summed E-state index contributed by atoms with van der Waals surface area (Å²) in [5.41, 5.74) is 1.06. The number of nitrogens with one attached hydrogen (secondary N) is 1. The second-order valence-corrected chi connectivity index (χ2v) is 7.10. The van der Waals surface area contributed by atoms with Crippen LogP contribution >= 0.6 is 0 Å². The number of nitrogens with zero attached hydrogens (tertiary/aromatic N) is 2. The van der Waals surface area contributed by atoms with E-state index < -0.39 is 5.54 Å². The van der Waals surface area contributed by atoms with E-state index in [0.717, 1.165) is 11.3 Å². The molecule has 0 aliphatic rings. The number of anilines is 1. The van der Waals surface area contributed by atoms with E-state index >= 15 is 0 Å². The Morgan fingerprint density at radius 1 is 1.27 bits per heavy atom. The fourth-order valence-electron chi connectivity index (χ4n) is 1.97. The Balaban J connectivity index is 2.68. The van der Waals surface area contributed by atoms with Gasteiger partial charge in [0.25, 0.3) is 0 Å². The first-order valence-corrected chi connectivity index (χ1v) is 7.57. The quantitative estimate of drug-likeness (QED) is 0.909. The highest BCUT2D eigenvalue weighted by Gasteiger charge is 2.38. The number of amides is 1. The molecular formula is C18H27N3O. The number of benzene rings is 1. The number of rotatable bonds is 5. The monoisotopic (exact) mass is 301 g/mol. The van der Waals surface area contributed by atoms with Gasteiger partial charge in [-0.2, -0.15) is 5.26 Å². The molecule has 4 nitrogen and oxygen atoms in total. The summed E-state index contributed by atoms with van der Waals surface area (Å²) in [4.78, 5) is 14.2. The number of hydrogen-bond acceptors (Lipinski definition) is 3. The fourth-order valence-corrected chi connectivity index (χ4v) is 1.97. The largest absolute Gasteiger partial charge is 0.378 e. The molecule has 0 heterocycles. The summed E-state index contributed by atoms with van der Waals surface area (Å²) in [5.74, 6) is -0.0887. The molecule has 1 unspecified atom stereocenters. The number of nitriles is 1. The standard InChI is InChI=1S/C18H27N3O/c1-17(2,3)18(4,13-19)20-16(22)11-10-14-8-7-9-15(12-14)21(5)6/h7-9,12H,10-11H2,1-6H3,(H,20,22). The maximum absolute atomic E-state index is 12.2. The maximum atomic E-state index is 12.2. The summed E-state index contributed by atoms with van der Waals surface area (Å²) in [6, 6.07) is 10.4. The van der Waals surface area contributed by atoms with Crippen LogP contribution in [0.3, 0.4) is 0 Å². The van der Waals surface area contributed by atoms with E-state index in [2.05, 4.69) is 17.5 Å². The van der Waals surface area contributed by atoms with Gasteiger partial charge in [-0.3, -0.25) is 4.79 Å². The summed E-state index contributed by atoms with van der Waals surface area (Å²) in [6.45, 7) is 7.64. The molecule has 1 aromatic carbocycles. The van der Waals surface area contributed by atoms with Gasteiger partial charge in [-0.15, -0.1) is 0 Å². The molecule has 0 aliphatic carbocycles. The van der Waals surface area contributed by atoms with Crippen LogP contribution in [0.5, 0.6) is 0 Å². The van der Waals surface area contributed by atoms with Crippen molar-refractivity contribution in [2.45, 2.75) is 46.1 Å². The first-order valence-electron chi connectivity index (χ1n) is 7.57. The number of aryl methyl sites for hydroxylation is 1. The van der Waals surface area contributed by atoms with Gasteiger partial charge in [0, 0.05) is 26.2 Å². The molecule has 0 radical (unpaired) electrons. The average Bonchev–Trinajstić information content (AvgIpc) is 2.44. The molecular weight excluding hydrogens is 274 g/mol. The van der Waals surface area contributed by atoms with Gasteiger partial charge in [0.15, 0.2) is 0 Å². The van der Waals surface area contributed by atoms with Crippen molar-refractivity contribution in [3.63, 3.8) is 0 Å². The van der Waals surface area contributed by atoms with Crippen molar-refractivity contribution in [3.8, 4) is 6.07 Å². The molecule has 0 saturated heterocycles. The highest BCUT2D eigenvalue weighted by atomic mass is 16.1. The number of carbonyl (C=O) groups is 1. The topological polar surface area (TPSA) is 56.1 Å². The van der Waals surface area contributed by atoms with Crippen LogP contribution in [-0.4, -0.2) is 25.5 Å². The lowest BCUT2D eigenvalue weighted by Gasteiger charge is -2.36. The Morgan fingerprint density at radius 2 is 1.91 bits per heavy atom. The molecule has 0 fully saturated rings. The Hall–Kier alpha value is -2.02. The van der Waals surface area contributed by atoms with Crippen molar-refractivity contribution >= 4 is 11.6 Å². The van der Waals surface area contributed by atoms with Gasteiger partial charge in [-0.25, -0.2) is 0 Å². The Labute approximate surface area is 134 Å². The Bertz CT molecular complexity index is 566. The van der Waals surface area contributed by atoms with E-state index in [9.17, 15) is 10.1 Å². The highest BCUT2D eigenvalue weighted by molar-refractivity contribution is 5.77. The van der Waals surface area contributed by atoms with Gasteiger partial charge in [-0.05, 0) is 36.5 Å². The van der Waals surface area contributed by atoms with E-state index in [-0.39, 0.29) is 11.3 Å². The first kappa shape index (κ1) is 18.0. The molecule has 0 aromatic heterocycles. The fraction of sp³-hybridized carbons (Fsp3) is 0.556. The van der Waals surface area contributed by atoms with Crippen molar-refractivity contribution in [1.82, 2.24) is 5.32 Å². The molecule has 0 saturated carbocycles. The molecule has 1 atom stereocenters. The van der Waals surface area contributed by atoms with Crippen LogP contribution in [0.2, 0.25) is 0 Å². The lowest BCUT2D eigenvalue weighted by Crippen LogP contribution is -2.53. The van der Waals surface area contributed by atoms with Gasteiger partial charge < -0.3 is 10.2 Å². The van der Waals surface area contributed by atoms with Crippen molar-refractivity contribution in [2.75, 3.05) is 19.0 Å². The smallest absolute Gasteiger partial charge is 0.221 e. The predicted molar refractivity (Wildman–Crippen MR) is 90.7 cm³/mol. The molecule has 1 N–H and O–H groups in total. The zero-order valence-electron chi connectivity index (χ0n) is 14.5. The van der Waals surface area contributed by atoms with Crippen LogP contribution in [0, 0.1) is 16.7 Å². The van der Waals surface area contributed by atoms with Crippen LogP contribution < -0.4 is 10.2 Å². The molecule has 1 rings (SSSR count). The molecule has 0 aliphatic heterocycles. The molecule has 0 bridgehead atoms. The SMILES string of the molecule is CN(C)c1cccc(CCC(=O)NC(C)(C#N)C(C)(C)C)c1. The van der Waals surface area contributed by atoms with Gasteiger partial charge in [0.2, 0.25) is 5.91 Å². The minimum Gasteiger partial charge on any atom is -0.378 e. The molecule has 1 amide bonds. The molecule has 120 valence electrons. The molecule has 0 spiro atoms. The first-order chi connectivity index (χ1) is 10.1. The van der Waals surface area contributed by atoms with E-state index in [1.54, 1.807) is 6.92 Å². The third kappa shape index (κ3) is 4.49. The minimum atomic E-state index is -0.866. The van der Waals surface area contributed by atoms with E-state index in [4.69, 9.17) is 0 Å². The number of carbonyl (C=O) groups excluding carboxylic acids is 1. The summed E-state index contributed by atoms with van der Waals surface area (Å²) in [5, 5.41) is 12.3. The van der Waals surface area contributed by atoms with Crippen LogP contribution in [0.1, 0.15) is 39.7 Å². The summed E-state index contributed by atoms with van der Waals surface area (Å²) in [7, 11) is 3.99. The lowest BCUT2D eigenvalue weighted by atomic mass is 9.76. The second-order valence-electron chi connectivity index (χ2n) is 7.10. The van der Waals surface area contributed by atoms with Crippen molar-refractivity contribution in [1.29, 1.82) is 5.26 Å². The van der Waals surface area contributed by atoms with Gasteiger partial charge >= 0.3 is 0 Å². The average molecular weight is 301 g/mol. The zero-order valence-corrected chi connectivity index (χ0v) is 14.5. The summed E-state index contributed by atoms with van der Waals surface area (Å²) in [6.07, 6.45) is 1.05. The van der Waals surface area contributed by atoms with E-state index in [1.165, 1.54) is 0 Å². The highest BCUT2D eigenvalue weighted by Crippen LogP contribution is 2.29. The summed E-state index contributed by atoms with van der Waals surface area (Å²) >= 11 is 0. The van der Waals surface area contributed by atoms with Gasteiger partial charge in [0.1, 0.15) is 5.54 Å². The minimum absolute atomic E-state index is 0.0887. The Morgan fingerprint density at radius 3 is 2.41 bits per heavy atom. The van der Waals surface area contributed by atoms with Gasteiger partial charge in [-0.1, -0.05) is 32.9 Å². The predicted octanol–water partition coefficient (Wildman–Crippen LogP) is 3.13. The summed E-state index contributed by atoms with van der Waals surface area (Å²) < 4.78 is 0. The van der Waals surface area contributed by atoms with Crippen LogP contribution in [0.25, 0.3) is 0 Å².